The van der Waals surface area contributed by atoms with Crippen LogP contribution in [0.15, 0.2) is 23.2 Å². The molecule has 0 aromatic heterocycles. The molecule has 1 aliphatic carbocycles. The number of piperidine rings is 1. The van der Waals surface area contributed by atoms with E-state index in [0.717, 1.165) is 69.6 Å². The topological polar surface area (TPSA) is 64.6 Å². The number of fused-ring (bicyclic) bond motifs is 1. The van der Waals surface area contributed by atoms with Gasteiger partial charge in [-0.1, -0.05) is 25.3 Å². The molecule has 1 saturated heterocycles. The maximum Gasteiger partial charge on any atom is 0.231 e. The van der Waals surface area contributed by atoms with Crippen LogP contribution in [-0.4, -0.2) is 70.8 Å². The third-order valence-electron chi connectivity index (χ3n) is 7.18. The number of methoxy groups -OCH3 is 1. The van der Waals surface area contributed by atoms with E-state index in [1.165, 1.54) is 37.7 Å². The molecule has 0 unspecified atom stereocenters. The van der Waals surface area contributed by atoms with E-state index in [2.05, 4.69) is 33.4 Å². The summed E-state index contributed by atoms with van der Waals surface area (Å²) in [6, 6.07) is 6.50. The highest BCUT2D eigenvalue weighted by atomic mass is 16.7. The highest BCUT2D eigenvalue weighted by Gasteiger charge is 2.36. The zero-order chi connectivity index (χ0) is 22.2. The summed E-state index contributed by atoms with van der Waals surface area (Å²) >= 11 is 0. The fourth-order valence-corrected chi connectivity index (χ4v) is 5.29. The minimum absolute atomic E-state index is 0.109. The molecule has 7 heteroatoms. The Bertz CT molecular complexity index is 756. The Labute approximate surface area is 192 Å². The van der Waals surface area contributed by atoms with E-state index in [4.69, 9.17) is 18.9 Å². The van der Waals surface area contributed by atoms with Crippen molar-refractivity contribution in [1.82, 2.24) is 10.2 Å². The van der Waals surface area contributed by atoms with Gasteiger partial charge in [0.25, 0.3) is 0 Å². The molecule has 1 aromatic rings. The van der Waals surface area contributed by atoms with Crippen molar-refractivity contribution in [3.8, 4) is 11.5 Å². The second kappa shape index (κ2) is 11.2. The van der Waals surface area contributed by atoms with Crippen LogP contribution in [0, 0.1) is 0 Å². The number of ether oxygens (including phenoxy) is 4. The molecule has 178 valence electrons. The third kappa shape index (κ3) is 5.49. The van der Waals surface area contributed by atoms with Crippen LogP contribution < -0.4 is 14.8 Å². The van der Waals surface area contributed by atoms with Gasteiger partial charge in [0, 0.05) is 52.4 Å². The van der Waals surface area contributed by atoms with Gasteiger partial charge in [-0.15, -0.1) is 0 Å². The zero-order valence-corrected chi connectivity index (χ0v) is 19.7. The van der Waals surface area contributed by atoms with E-state index < -0.39 is 0 Å². The molecule has 1 N–H and O–H groups in total. The first kappa shape index (κ1) is 23.2. The van der Waals surface area contributed by atoms with Crippen molar-refractivity contribution in [2.45, 2.75) is 62.9 Å². The minimum atomic E-state index is 0.109. The number of hydrogen-bond donors (Lipinski definition) is 1. The monoisotopic (exact) mass is 445 g/mol. The lowest BCUT2D eigenvalue weighted by Crippen LogP contribution is -2.51. The first-order valence-electron chi connectivity index (χ1n) is 12.2. The quantitative estimate of drug-likeness (QED) is 0.374. The van der Waals surface area contributed by atoms with E-state index in [1.54, 1.807) is 7.11 Å². The highest BCUT2D eigenvalue weighted by molar-refractivity contribution is 5.80. The molecule has 0 atom stereocenters. The Morgan fingerprint density at radius 3 is 2.66 bits per heavy atom. The van der Waals surface area contributed by atoms with Gasteiger partial charge in [0.05, 0.1) is 6.10 Å². The smallest absolute Gasteiger partial charge is 0.231 e. The van der Waals surface area contributed by atoms with Crippen LogP contribution in [0.3, 0.4) is 0 Å². The Hall–Kier alpha value is -1.99. The van der Waals surface area contributed by atoms with E-state index >= 15 is 0 Å². The number of benzene rings is 1. The molecule has 0 spiro atoms. The molecular formula is C25H39N3O4. The average Bonchev–Trinajstić information content (AvgIpc) is 3.32. The summed E-state index contributed by atoms with van der Waals surface area (Å²) < 4.78 is 22.3. The van der Waals surface area contributed by atoms with Gasteiger partial charge in [-0.3, -0.25) is 4.99 Å². The number of guanidine groups is 1. The van der Waals surface area contributed by atoms with Crippen LogP contribution in [0.25, 0.3) is 0 Å². The number of likely N-dealkylation sites (tertiary alicyclic amines) is 1. The number of nitrogens with one attached hydrogen (secondary N) is 1. The summed E-state index contributed by atoms with van der Waals surface area (Å²) in [5.41, 5.74) is 1.46. The van der Waals surface area contributed by atoms with E-state index in [-0.39, 0.29) is 5.41 Å². The Kier molecular flexibility index (Phi) is 8.14. The first-order valence-corrected chi connectivity index (χ1v) is 12.2. The third-order valence-corrected chi connectivity index (χ3v) is 7.18. The van der Waals surface area contributed by atoms with Crippen LogP contribution in [-0.2, 0) is 14.9 Å². The Morgan fingerprint density at radius 2 is 1.91 bits per heavy atom. The summed E-state index contributed by atoms with van der Waals surface area (Å²) in [5, 5.41) is 3.74. The SMILES string of the molecule is CN=C(NCC1(c2ccc3c(c2)OCO3)CCCCC1)N1CCC(OCCCOC)CC1. The van der Waals surface area contributed by atoms with Gasteiger partial charge in [0.1, 0.15) is 0 Å². The molecule has 1 aromatic carbocycles. The Morgan fingerprint density at radius 1 is 1.12 bits per heavy atom. The van der Waals surface area contributed by atoms with Crippen LogP contribution in [0.5, 0.6) is 11.5 Å². The average molecular weight is 446 g/mol. The summed E-state index contributed by atoms with van der Waals surface area (Å²) in [6.07, 6.45) is 9.62. The number of aliphatic imine (C=N–C) groups is 1. The lowest BCUT2D eigenvalue weighted by Gasteiger charge is -2.40. The second-order valence-electron chi connectivity index (χ2n) is 9.21. The fourth-order valence-electron chi connectivity index (χ4n) is 5.29. The van der Waals surface area contributed by atoms with Gasteiger partial charge in [-0.05, 0) is 49.8 Å². The maximum absolute atomic E-state index is 6.02. The van der Waals surface area contributed by atoms with E-state index in [9.17, 15) is 0 Å². The molecule has 2 aliphatic heterocycles. The summed E-state index contributed by atoms with van der Waals surface area (Å²) in [4.78, 5) is 7.00. The minimum Gasteiger partial charge on any atom is -0.454 e. The van der Waals surface area contributed by atoms with Gasteiger partial charge in [-0.25, -0.2) is 0 Å². The van der Waals surface area contributed by atoms with Crippen LogP contribution in [0.2, 0.25) is 0 Å². The van der Waals surface area contributed by atoms with E-state index in [1.807, 2.05) is 7.05 Å². The summed E-state index contributed by atoms with van der Waals surface area (Å²) in [6.45, 7) is 4.72. The molecule has 2 heterocycles. The highest BCUT2D eigenvalue weighted by Crippen LogP contribution is 2.43. The lowest BCUT2D eigenvalue weighted by atomic mass is 9.69. The van der Waals surface area contributed by atoms with Crippen molar-refractivity contribution in [3.63, 3.8) is 0 Å². The zero-order valence-electron chi connectivity index (χ0n) is 19.7. The van der Waals surface area contributed by atoms with Gasteiger partial charge in [0.2, 0.25) is 6.79 Å². The molecule has 0 bridgehead atoms. The molecule has 3 aliphatic rings. The van der Waals surface area contributed by atoms with Crippen molar-refractivity contribution in [2.24, 2.45) is 4.99 Å². The Balaban J connectivity index is 1.34. The molecule has 0 radical (unpaired) electrons. The number of nitrogens with zero attached hydrogens (tertiary/aromatic N) is 2. The van der Waals surface area contributed by atoms with Gasteiger partial charge < -0.3 is 29.2 Å². The predicted molar refractivity (Wildman–Crippen MR) is 126 cm³/mol. The number of rotatable bonds is 8. The molecule has 32 heavy (non-hydrogen) atoms. The maximum atomic E-state index is 6.02. The summed E-state index contributed by atoms with van der Waals surface area (Å²) in [7, 11) is 3.63. The van der Waals surface area contributed by atoms with Crippen molar-refractivity contribution in [3.05, 3.63) is 23.8 Å². The van der Waals surface area contributed by atoms with Crippen molar-refractivity contribution < 1.29 is 18.9 Å². The van der Waals surface area contributed by atoms with E-state index in [0.29, 0.717) is 12.9 Å². The molecule has 1 saturated carbocycles. The molecule has 2 fully saturated rings. The van der Waals surface area contributed by atoms with Crippen molar-refractivity contribution in [2.75, 3.05) is 53.8 Å². The first-order chi connectivity index (χ1) is 15.7. The van der Waals surface area contributed by atoms with Crippen LogP contribution in [0.1, 0.15) is 56.9 Å². The standard InChI is InChI=1S/C25H39N3O4/c1-26-24(28-13-9-21(10-14-28)30-16-6-15-29-2)27-18-25(11-4-3-5-12-25)20-7-8-22-23(17-20)32-19-31-22/h7-8,17,21H,3-6,9-16,18-19H2,1-2H3,(H,26,27). The van der Waals surface area contributed by atoms with Crippen LogP contribution >= 0.6 is 0 Å². The molecular weight excluding hydrogens is 406 g/mol. The number of hydrogen-bond acceptors (Lipinski definition) is 5. The normalized spacial score (nSPS) is 21.1. The fraction of sp³-hybridized carbons (Fsp3) is 0.720. The van der Waals surface area contributed by atoms with Crippen molar-refractivity contribution >= 4 is 5.96 Å². The summed E-state index contributed by atoms with van der Waals surface area (Å²) in [5.74, 6) is 2.74. The van der Waals surface area contributed by atoms with Gasteiger partial charge >= 0.3 is 0 Å². The van der Waals surface area contributed by atoms with Crippen molar-refractivity contribution in [1.29, 1.82) is 0 Å². The largest absolute Gasteiger partial charge is 0.454 e. The van der Waals surface area contributed by atoms with Crippen LogP contribution in [0.4, 0.5) is 0 Å². The molecule has 0 amide bonds. The second-order valence-corrected chi connectivity index (χ2v) is 9.21. The lowest BCUT2D eigenvalue weighted by molar-refractivity contribution is 0.00985. The predicted octanol–water partition coefficient (Wildman–Crippen LogP) is 3.71. The molecule has 4 rings (SSSR count). The van der Waals surface area contributed by atoms with Gasteiger partial charge in [-0.2, -0.15) is 0 Å². The molecule has 7 nitrogen and oxygen atoms in total. The van der Waals surface area contributed by atoms with Gasteiger partial charge in [0.15, 0.2) is 17.5 Å².